The molecule has 2 aromatic rings. The standard InChI is InChI=1S/C13H13F3N4/c1-8-4-3-5-9(6-8)20(2)11-7-10(13(14,15)16)18-12(17)19-11/h3-7H,1-2H3,(H2,17,18,19). The molecule has 0 atom stereocenters. The molecule has 1 heterocycles. The van der Waals surface area contributed by atoms with Gasteiger partial charge in [-0.25, -0.2) is 4.98 Å². The molecule has 7 heteroatoms. The summed E-state index contributed by atoms with van der Waals surface area (Å²) < 4.78 is 38.1. The van der Waals surface area contributed by atoms with E-state index in [0.29, 0.717) is 0 Å². The number of nitrogens with zero attached hydrogens (tertiary/aromatic N) is 3. The Hall–Kier alpha value is -2.31. The summed E-state index contributed by atoms with van der Waals surface area (Å²) in [5, 5.41) is 0. The molecule has 0 radical (unpaired) electrons. The largest absolute Gasteiger partial charge is 0.433 e. The first kappa shape index (κ1) is 14.1. The number of anilines is 3. The van der Waals surface area contributed by atoms with Crippen LogP contribution in [0, 0.1) is 6.92 Å². The summed E-state index contributed by atoms with van der Waals surface area (Å²) in [7, 11) is 1.62. The van der Waals surface area contributed by atoms with Crippen LogP contribution in [0.3, 0.4) is 0 Å². The highest BCUT2D eigenvalue weighted by Gasteiger charge is 2.33. The van der Waals surface area contributed by atoms with Crippen LogP contribution in [0.25, 0.3) is 0 Å². The van der Waals surface area contributed by atoms with Gasteiger partial charge < -0.3 is 10.6 Å². The molecule has 0 saturated carbocycles. The molecule has 106 valence electrons. The minimum atomic E-state index is -4.56. The van der Waals surface area contributed by atoms with Gasteiger partial charge >= 0.3 is 6.18 Å². The molecule has 0 aliphatic rings. The van der Waals surface area contributed by atoms with E-state index in [1.807, 2.05) is 25.1 Å². The Morgan fingerprint density at radius 1 is 1.15 bits per heavy atom. The lowest BCUT2D eigenvalue weighted by Crippen LogP contribution is -2.17. The number of nitrogen functional groups attached to an aromatic ring is 1. The number of aromatic nitrogens is 2. The summed E-state index contributed by atoms with van der Waals surface area (Å²) in [5.41, 5.74) is 6.01. The second kappa shape index (κ2) is 4.99. The molecule has 1 aromatic heterocycles. The number of halogens is 3. The number of hydrogen-bond acceptors (Lipinski definition) is 4. The van der Waals surface area contributed by atoms with Gasteiger partial charge in [-0.3, -0.25) is 0 Å². The first-order chi connectivity index (χ1) is 9.27. The Labute approximate surface area is 114 Å². The smallest absolute Gasteiger partial charge is 0.368 e. The average Bonchev–Trinajstić information content (AvgIpc) is 2.36. The molecule has 0 aliphatic heterocycles. The highest BCUT2D eigenvalue weighted by molar-refractivity contribution is 5.61. The van der Waals surface area contributed by atoms with Gasteiger partial charge in [-0.05, 0) is 24.6 Å². The van der Waals surface area contributed by atoms with E-state index in [2.05, 4.69) is 9.97 Å². The zero-order valence-corrected chi connectivity index (χ0v) is 10.9. The van der Waals surface area contributed by atoms with Crippen LogP contribution in [0.2, 0.25) is 0 Å². The van der Waals surface area contributed by atoms with Crippen LogP contribution in [-0.2, 0) is 6.18 Å². The minimum Gasteiger partial charge on any atom is -0.368 e. The van der Waals surface area contributed by atoms with Crippen molar-refractivity contribution in [1.29, 1.82) is 0 Å². The Bertz CT molecular complexity index is 625. The van der Waals surface area contributed by atoms with Crippen LogP contribution in [0.4, 0.5) is 30.6 Å². The Balaban J connectivity index is 2.45. The van der Waals surface area contributed by atoms with Crippen LogP contribution in [0.15, 0.2) is 30.3 Å². The van der Waals surface area contributed by atoms with Gasteiger partial charge in [0.05, 0.1) is 0 Å². The molecule has 0 spiro atoms. The molecule has 4 nitrogen and oxygen atoms in total. The summed E-state index contributed by atoms with van der Waals surface area (Å²) in [5.74, 6) is -0.315. The first-order valence-electron chi connectivity index (χ1n) is 5.79. The normalized spacial score (nSPS) is 11.4. The highest BCUT2D eigenvalue weighted by Crippen LogP contribution is 2.31. The molecule has 2 rings (SSSR count). The van der Waals surface area contributed by atoms with Crippen molar-refractivity contribution in [2.45, 2.75) is 13.1 Å². The van der Waals surface area contributed by atoms with Crippen LogP contribution in [0.1, 0.15) is 11.3 Å². The van der Waals surface area contributed by atoms with Gasteiger partial charge in [0.25, 0.3) is 0 Å². The molecule has 1 aromatic carbocycles. The van der Waals surface area contributed by atoms with Gasteiger partial charge in [0.1, 0.15) is 5.82 Å². The second-order valence-electron chi connectivity index (χ2n) is 4.37. The third kappa shape index (κ3) is 2.98. The van der Waals surface area contributed by atoms with Crippen molar-refractivity contribution in [2.75, 3.05) is 17.7 Å². The molecule has 0 bridgehead atoms. The highest BCUT2D eigenvalue weighted by atomic mass is 19.4. The molecule has 20 heavy (non-hydrogen) atoms. The number of benzene rings is 1. The van der Waals surface area contributed by atoms with E-state index in [1.54, 1.807) is 13.1 Å². The molecule has 0 fully saturated rings. The number of aryl methyl sites for hydroxylation is 1. The second-order valence-corrected chi connectivity index (χ2v) is 4.37. The maximum atomic E-state index is 12.7. The van der Waals surface area contributed by atoms with Crippen LogP contribution < -0.4 is 10.6 Å². The maximum absolute atomic E-state index is 12.7. The van der Waals surface area contributed by atoms with E-state index < -0.39 is 17.8 Å². The Kier molecular flexibility index (Phi) is 3.52. The predicted octanol–water partition coefficient (Wildman–Crippen LogP) is 3.15. The number of hydrogen-bond donors (Lipinski definition) is 1. The van der Waals surface area contributed by atoms with Crippen molar-refractivity contribution in [3.63, 3.8) is 0 Å². The zero-order chi connectivity index (χ0) is 14.9. The Morgan fingerprint density at radius 3 is 2.45 bits per heavy atom. The van der Waals surface area contributed by atoms with Gasteiger partial charge in [0.15, 0.2) is 5.69 Å². The zero-order valence-electron chi connectivity index (χ0n) is 10.9. The van der Waals surface area contributed by atoms with Crippen molar-refractivity contribution in [3.8, 4) is 0 Å². The summed E-state index contributed by atoms with van der Waals surface area (Å²) in [6.07, 6.45) is -4.56. The molecule has 2 N–H and O–H groups in total. The molecular weight excluding hydrogens is 269 g/mol. The van der Waals surface area contributed by atoms with Gasteiger partial charge in [-0.2, -0.15) is 18.2 Å². The van der Waals surface area contributed by atoms with Crippen molar-refractivity contribution in [2.24, 2.45) is 0 Å². The van der Waals surface area contributed by atoms with E-state index in [9.17, 15) is 13.2 Å². The fourth-order valence-electron chi connectivity index (χ4n) is 1.74. The Morgan fingerprint density at radius 2 is 1.85 bits per heavy atom. The fourth-order valence-corrected chi connectivity index (χ4v) is 1.74. The predicted molar refractivity (Wildman–Crippen MR) is 70.7 cm³/mol. The number of rotatable bonds is 2. The number of alkyl halides is 3. The van der Waals surface area contributed by atoms with Gasteiger partial charge in [-0.15, -0.1) is 0 Å². The van der Waals surface area contributed by atoms with E-state index >= 15 is 0 Å². The lowest BCUT2D eigenvalue weighted by molar-refractivity contribution is -0.141. The van der Waals surface area contributed by atoms with Crippen molar-refractivity contribution in [3.05, 3.63) is 41.6 Å². The third-order valence-electron chi connectivity index (χ3n) is 2.75. The SMILES string of the molecule is Cc1cccc(N(C)c2cc(C(F)(F)F)nc(N)n2)c1. The lowest BCUT2D eigenvalue weighted by Gasteiger charge is -2.20. The van der Waals surface area contributed by atoms with E-state index in [0.717, 1.165) is 17.3 Å². The molecular formula is C13H13F3N4. The molecule has 0 aliphatic carbocycles. The first-order valence-corrected chi connectivity index (χ1v) is 5.79. The van der Waals surface area contributed by atoms with Crippen LogP contribution in [-0.4, -0.2) is 17.0 Å². The topological polar surface area (TPSA) is 55.0 Å². The summed E-state index contributed by atoms with van der Waals surface area (Å²) in [6.45, 7) is 1.90. The monoisotopic (exact) mass is 282 g/mol. The van der Waals surface area contributed by atoms with Crippen molar-refractivity contribution in [1.82, 2.24) is 9.97 Å². The molecule has 0 amide bonds. The van der Waals surface area contributed by atoms with E-state index in [1.165, 1.54) is 4.90 Å². The van der Waals surface area contributed by atoms with Crippen molar-refractivity contribution < 1.29 is 13.2 Å². The lowest BCUT2D eigenvalue weighted by atomic mass is 10.2. The minimum absolute atomic E-state index is 0.0930. The van der Waals surface area contributed by atoms with Gasteiger partial charge in [-0.1, -0.05) is 12.1 Å². The van der Waals surface area contributed by atoms with Gasteiger partial charge in [0, 0.05) is 18.8 Å². The van der Waals surface area contributed by atoms with Gasteiger partial charge in [0.2, 0.25) is 5.95 Å². The summed E-state index contributed by atoms with van der Waals surface area (Å²) in [4.78, 5) is 8.59. The molecule has 0 unspecified atom stereocenters. The maximum Gasteiger partial charge on any atom is 0.433 e. The number of nitrogens with two attached hydrogens (primary N) is 1. The van der Waals surface area contributed by atoms with Crippen LogP contribution in [0.5, 0.6) is 0 Å². The fraction of sp³-hybridized carbons (Fsp3) is 0.231. The quantitative estimate of drug-likeness (QED) is 0.919. The summed E-state index contributed by atoms with van der Waals surface area (Å²) >= 11 is 0. The third-order valence-corrected chi connectivity index (χ3v) is 2.75. The summed E-state index contributed by atoms with van der Waals surface area (Å²) in [6, 6.07) is 8.20. The molecule has 0 saturated heterocycles. The van der Waals surface area contributed by atoms with Crippen molar-refractivity contribution >= 4 is 17.5 Å². The van der Waals surface area contributed by atoms with E-state index in [4.69, 9.17) is 5.73 Å². The average molecular weight is 282 g/mol. The van der Waals surface area contributed by atoms with E-state index in [-0.39, 0.29) is 5.82 Å². The van der Waals surface area contributed by atoms with Crippen LogP contribution >= 0.6 is 0 Å².